The Bertz CT molecular complexity index is 692. The van der Waals surface area contributed by atoms with Crippen LogP contribution in [-0.4, -0.2) is 10.5 Å². The molecule has 3 nitrogen and oxygen atoms in total. The van der Waals surface area contributed by atoms with Crippen molar-refractivity contribution < 1.29 is 4.79 Å². The normalized spacial score (nSPS) is 16.8. The lowest BCUT2D eigenvalue weighted by molar-refractivity contribution is 0.1000. The quantitative estimate of drug-likeness (QED) is 0.785. The number of amides is 1. The number of primary amides is 1. The van der Waals surface area contributed by atoms with Crippen molar-refractivity contribution in [1.29, 1.82) is 0 Å². The van der Waals surface area contributed by atoms with Crippen LogP contribution in [0.1, 0.15) is 79.7 Å². The summed E-state index contributed by atoms with van der Waals surface area (Å²) in [6.07, 6.45) is 9.95. The fourth-order valence-corrected chi connectivity index (χ4v) is 4.97. The summed E-state index contributed by atoms with van der Waals surface area (Å²) in [5.41, 5.74) is 11.1. The molecule has 0 aliphatic heterocycles. The third kappa shape index (κ3) is 3.16. The molecule has 1 fully saturated rings. The summed E-state index contributed by atoms with van der Waals surface area (Å²) < 4.78 is 2.46. The minimum Gasteiger partial charge on any atom is -0.366 e. The molecule has 0 aromatic carbocycles. The number of carbonyl (C=O) groups excluding carboxylic acids is 1. The lowest BCUT2D eigenvalue weighted by atomic mass is 9.96. The maximum Gasteiger partial charge on any atom is 0.251 e. The van der Waals surface area contributed by atoms with Crippen LogP contribution in [0.3, 0.4) is 0 Å². The Morgan fingerprint density at radius 3 is 2.46 bits per heavy atom. The number of hydrogen-bond donors (Lipinski definition) is 1. The molecule has 4 heteroatoms. The van der Waals surface area contributed by atoms with Crippen molar-refractivity contribution in [2.45, 2.75) is 71.3 Å². The fourth-order valence-electron chi connectivity index (χ4n) is 4.32. The van der Waals surface area contributed by atoms with Crippen LogP contribution < -0.4 is 5.73 Å². The Hall–Kier alpha value is -1.55. The Kier molecular flexibility index (Phi) is 5.44. The molecule has 2 aromatic rings. The van der Waals surface area contributed by atoms with Gasteiger partial charge in [0.05, 0.1) is 5.56 Å². The van der Waals surface area contributed by atoms with Crippen LogP contribution in [-0.2, 0) is 6.42 Å². The van der Waals surface area contributed by atoms with Crippen LogP contribution >= 0.6 is 11.3 Å². The predicted molar refractivity (Wildman–Crippen MR) is 102 cm³/mol. The average Bonchev–Trinajstić information content (AvgIpc) is 3.13. The molecule has 2 aromatic heterocycles. The molecule has 1 saturated carbocycles. The third-order valence-electron chi connectivity index (χ3n) is 5.38. The molecule has 1 aliphatic carbocycles. The molecule has 0 unspecified atom stereocenters. The van der Waals surface area contributed by atoms with Gasteiger partial charge >= 0.3 is 0 Å². The summed E-state index contributed by atoms with van der Waals surface area (Å²) in [6, 6.07) is 2.61. The van der Waals surface area contributed by atoms with Crippen molar-refractivity contribution in [2.75, 3.05) is 0 Å². The molecule has 24 heavy (non-hydrogen) atoms. The van der Waals surface area contributed by atoms with E-state index in [0.29, 0.717) is 6.04 Å². The van der Waals surface area contributed by atoms with Gasteiger partial charge in [0, 0.05) is 23.0 Å². The highest BCUT2D eigenvalue weighted by atomic mass is 32.1. The van der Waals surface area contributed by atoms with Gasteiger partial charge in [0.1, 0.15) is 0 Å². The second-order valence-corrected chi connectivity index (χ2v) is 7.66. The molecule has 2 N–H and O–H groups in total. The molecule has 0 atom stereocenters. The maximum atomic E-state index is 12.2. The standard InChI is InChI=1S/C20H28N2OS/c1-3-17-19(15-11-12-24-13-15)18(20(21)23)14(2)22(17)16-9-7-5-4-6-8-10-16/h11-13,16H,3-10H2,1-2H3,(H2,21,23). The van der Waals surface area contributed by atoms with E-state index in [4.69, 9.17) is 5.73 Å². The highest BCUT2D eigenvalue weighted by Crippen LogP contribution is 2.39. The zero-order valence-electron chi connectivity index (χ0n) is 14.8. The van der Waals surface area contributed by atoms with Gasteiger partial charge < -0.3 is 10.3 Å². The van der Waals surface area contributed by atoms with Crippen molar-refractivity contribution in [3.8, 4) is 11.1 Å². The third-order valence-corrected chi connectivity index (χ3v) is 6.07. The van der Waals surface area contributed by atoms with E-state index >= 15 is 0 Å². The molecule has 2 heterocycles. The number of nitrogens with zero attached hydrogens (tertiary/aromatic N) is 1. The highest BCUT2D eigenvalue weighted by molar-refractivity contribution is 7.08. The minimum atomic E-state index is -0.298. The van der Waals surface area contributed by atoms with E-state index in [1.54, 1.807) is 11.3 Å². The second kappa shape index (κ2) is 7.56. The smallest absolute Gasteiger partial charge is 0.251 e. The summed E-state index contributed by atoms with van der Waals surface area (Å²) in [6.45, 7) is 4.27. The minimum absolute atomic E-state index is 0.298. The molecule has 3 rings (SSSR count). The Labute approximate surface area is 148 Å². The van der Waals surface area contributed by atoms with Crippen molar-refractivity contribution in [3.05, 3.63) is 33.8 Å². The second-order valence-electron chi connectivity index (χ2n) is 6.88. The first-order valence-corrected chi connectivity index (χ1v) is 10.2. The summed E-state index contributed by atoms with van der Waals surface area (Å²) in [5.74, 6) is -0.298. The summed E-state index contributed by atoms with van der Waals surface area (Å²) in [4.78, 5) is 12.2. The zero-order chi connectivity index (χ0) is 17.1. The molecule has 0 saturated heterocycles. The van der Waals surface area contributed by atoms with E-state index in [9.17, 15) is 4.79 Å². The van der Waals surface area contributed by atoms with E-state index in [0.717, 1.165) is 28.8 Å². The van der Waals surface area contributed by atoms with Crippen LogP contribution in [0.25, 0.3) is 11.1 Å². The summed E-state index contributed by atoms with van der Waals surface area (Å²) >= 11 is 1.67. The maximum absolute atomic E-state index is 12.2. The molecular formula is C20H28N2OS. The van der Waals surface area contributed by atoms with Gasteiger partial charge in [-0.1, -0.05) is 39.0 Å². The first-order chi connectivity index (χ1) is 11.6. The largest absolute Gasteiger partial charge is 0.366 e. The van der Waals surface area contributed by atoms with Gasteiger partial charge in [0.2, 0.25) is 0 Å². The molecule has 1 amide bonds. The van der Waals surface area contributed by atoms with Crippen LogP contribution in [0.4, 0.5) is 0 Å². The van der Waals surface area contributed by atoms with Crippen molar-refractivity contribution in [1.82, 2.24) is 4.57 Å². The summed E-state index contributed by atoms with van der Waals surface area (Å²) in [5, 5.41) is 4.20. The first kappa shape index (κ1) is 17.3. The first-order valence-electron chi connectivity index (χ1n) is 9.21. The number of nitrogens with two attached hydrogens (primary N) is 1. The van der Waals surface area contributed by atoms with E-state index < -0.39 is 0 Å². The molecule has 0 bridgehead atoms. The van der Waals surface area contributed by atoms with Crippen LogP contribution in [0.5, 0.6) is 0 Å². The van der Waals surface area contributed by atoms with Gasteiger partial charge in [-0.25, -0.2) is 0 Å². The number of rotatable bonds is 4. The predicted octanol–water partition coefficient (Wildman–Crippen LogP) is 5.47. The SMILES string of the molecule is CCc1c(-c2ccsc2)c(C(N)=O)c(C)n1C1CCCCCCC1. The molecule has 0 spiro atoms. The number of thiophene rings is 1. The molecular weight excluding hydrogens is 316 g/mol. The Morgan fingerprint density at radius 1 is 1.25 bits per heavy atom. The van der Waals surface area contributed by atoms with Gasteiger partial charge in [-0.05, 0) is 48.6 Å². The molecule has 1 aliphatic rings. The van der Waals surface area contributed by atoms with Gasteiger partial charge in [0.15, 0.2) is 0 Å². The molecule has 0 radical (unpaired) electrons. The van der Waals surface area contributed by atoms with Gasteiger partial charge in [-0.15, -0.1) is 0 Å². The van der Waals surface area contributed by atoms with E-state index in [2.05, 4.69) is 35.2 Å². The average molecular weight is 345 g/mol. The van der Waals surface area contributed by atoms with Crippen molar-refractivity contribution in [3.63, 3.8) is 0 Å². The van der Waals surface area contributed by atoms with Crippen molar-refractivity contribution >= 4 is 17.2 Å². The van der Waals surface area contributed by atoms with Crippen LogP contribution in [0.2, 0.25) is 0 Å². The van der Waals surface area contributed by atoms with Gasteiger partial charge in [-0.3, -0.25) is 4.79 Å². The van der Waals surface area contributed by atoms with Gasteiger partial charge in [0.25, 0.3) is 5.91 Å². The van der Waals surface area contributed by atoms with E-state index in [1.807, 2.05) is 0 Å². The summed E-state index contributed by atoms with van der Waals surface area (Å²) in [7, 11) is 0. The van der Waals surface area contributed by atoms with E-state index in [-0.39, 0.29) is 5.91 Å². The lowest BCUT2D eigenvalue weighted by Gasteiger charge is -2.25. The van der Waals surface area contributed by atoms with E-state index in [1.165, 1.54) is 50.6 Å². The lowest BCUT2D eigenvalue weighted by Crippen LogP contribution is -2.17. The number of hydrogen-bond acceptors (Lipinski definition) is 2. The Balaban J connectivity index is 2.15. The van der Waals surface area contributed by atoms with Crippen LogP contribution in [0, 0.1) is 6.92 Å². The number of aromatic nitrogens is 1. The topological polar surface area (TPSA) is 48.0 Å². The van der Waals surface area contributed by atoms with Crippen molar-refractivity contribution in [2.24, 2.45) is 5.73 Å². The monoisotopic (exact) mass is 344 g/mol. The van der Waals surface area contributed by atoms with Gasteiger partial charge in [-0.2, -0.15) is 11.3 Å². The molecule has 130 valence electrons. The highest BCUT2D eigenvalue weighted by Gasteiger charge is 2.27. The zero-order valence-corrected chi connectivity index (χ0v) is 15.6. The Morgan fingerprint density at radius 2 is 1.92 bits per heavy atom. The fraction of sp³-hybridized carbons (Fsp3) is 0.550. The van der Waals surface area contributed by atoms with Crippen LogP contribution in [0.15, 0.2) is 16.8 Å². The number of carbonyl (C=O) groups is 1.